The molecule has 1 heterocycles. The van der Waals surface area contributed by atoms with Gasteiger partial charge >= 0.3 is 0 Å². The monoisotopic (exact) mass is 284 g/mol. The number of hydrazine groups is 1. The van der Waals surface area contributed by atoms with Crippen LogP contribution in [0.1, 0.15) is 11.4 Å². The Morgan fingerprint density at radius 2 is 2.05 bits per heavy atom. The van der Waals surface area contributed by atoms with E-state index < -0.39 is 0 Å². The number of rotatable bonds is 5. The minimum atomic E-state index is 0.295. The van der Waals surface area contributed by atoms with Gasteiger partial charge in [-0.25, -0.2) is 15.8 Å². The third-order valence-electron chi connectivity index (χ3n) is 2.91. The van der Waals surface area contributed by atoms with Gasteiger partial charge in [-0.1, -0.05) is 0 Å². The molecule has 3 N–H and O–H groups in total. The minimum Gasteiger partial charge on any atom is -0.377 e. The van der Waals surface area contributed by atoms with Crippen molar-refractivity contribution in [3.05, 3.63) is 41.7 Å². The highest BCUT2D eigenvalue weighted by Crippen LogP contribution is 2.23. The first-order chi connectivity index (χ1) is 10.2. The number of ether oxygens (including phenoxy) is 1. The van der Waals surface area contributed by atoms with Gasteiger partial charge in [-0.15, -0.1) is 0 Å². The number of hydrogen-bond acceptors (Lipinski definition) is 7. The summed E-state index contributed by atoms with van der Waals surface area (Å²) in [5.74, 6) is 7.14. The highest BCUT2D eigenvalue weighted by atomic mass is 16.5. The van der Waals surface area contributed by atoms with Crippen molar-refractivity contribution < 1.29 is 4.74 Å². The van der Waals surface area contributed by atoms with Crippen molar-refractivity contribution in [3.63, 3.8) is 0 Å². The van der Waals surface area contributed by atoms with Gasteiger partial charge in [0.25, 0.3) is 0 Å². The van der Waals surface area contributed by atoms with Crippen molar-refractivity contribution >= 4 is 17.3 Å². The molecule has 21 heavy (non-hydrogen) atoms. The van der Waals surface area contributed by atoms with Gasteiger partial charge in [0.2, 0.25) is 0 Å². The van der Waals surface area contributed by atoms with Crippen LogP contribution in [0.25, 0.3) is 0 Å². The minimum absolute atomic E-state index is 0.295. The number of anilines is 3. The van der Waals surface area contributed by atoms with Gasteiger partial charge in [0.1, 0.15) is 18.2 Å². The molecule has 7 nitrogen and oxygen atoms in total. The largest absolute Gasteiger partial charge is 0.377 e. The van der Waals surface area contributed by atoms with Gasteiger partial charge in [0, 0.05) is 25.9 Å². The summed E-state index contributed by atoms with van der Waals surface area (Å²) in [6.45, 7) is 0.295. The van der Waals surface area contributed by atoms with E-state index >= 15 is 0 Å². The zero-order valence-electron chi connectivity index (χ0n) is 11.9. The second-order valence-electron chi connectivity index (χ2n) is 4.32. The Kier molecular flexibility index (Phi) is 4.66. The summed E-state index contributed by atoms with van der Waals surface area (Å²) in [6.07, 6.45) is 0. The summed E-state index contributed by atoms with van der Waals surface area (Å²) in [5, 5.41) is 8.83. The Balaban J connectivity index is 2.34. The molecule has 0 radical (unpaired) electrons. The molecule has 0 amide bonds. The summed E-state index contributed by atoms with van der Waals surface area (Å²) < 4.78 is 5.05. The molecule has 108 valence electrons. The van der Waals surface area contributed by atoms with E-state index in [1.54, 1.807) is 25.3 Å². The number of nitrogens with two attached hydrogens (primary N) is 1. The summed E-state index contributed by atoms with van der Waals surface area (Å²) in [4.78, 5) is 10.5. The highest BCUT2D eigenvalue weighted by Gasteiger charge is 2.10. The number of methoxy groups -OCH3 is 1. The van der Waals surface area contributed by atoms with Crippen LogP contribution in [0.2, 0.25) is 0 Å². The Bertz CT molecular complexity index is 650. The Hall–Kier alpha value is -2.69. The third-order valence-corrected chi connectivity index (χ3v) is 2.91. The number of nitrogens with zero attached hydrogens (tertiary/aromatic N) is 4. The van der Waals surface area contributed by atoms with Crippen LogP contribution in [0.5, 0.6) is 0 Å². The molecule has 0 saturated heterocycles. The van der Waals surface area contributed by atoms with E-state index in [1.807, 2.05) is 24.1 Å². The van der Waals surface area contributed by atoms with Gasteiger partial charge in [0.15, 0.2) is 5.82 Å². The van der Waals surface area contributed by atoms with E-state index in [-0.39, 0.29) is 0 Å². The second-order valence-corrected chi connectivity index (χ2v) is 4.32. The Morgan fingerprint density at radius 3 is 2.62 bits per heavy atom. The molecule has 2 aromatic rings. The van der Waals surface area contributed by atoms with Crippen molar-refractivity contribution in [2.24, 2.45) is 5.84 Å². The lowest BCUT2D eigenvalue weighted by Crippen LogP contribution is -2.16. The van der Waals surface area contributed by atoms with E-state index in [4.69, 9.17) is 15.8 Å². The topological polar surface area (TPSA) is 100 Å². The number of hydrogen-bond donors (Lipinski definition) is 2. The maximum absolute atomic E-state index is 8.83. The second kappa shape index (κ2) is 6.65. The molecule has 0 aliphatic carbocycles. The molecule has 0 aliphatic rings. The van der Waals surface area contributed by atoms with E-state index in [1.165, 1.54) is 0 Å². The van der Waals surface area contributed by atoms with Crippen LogP contribution in [0, 0.1) is 11.3 Å². The van der Waals surface area contributed by atoms with E-state index in [0.29, 0.717) is 29.6 Å². The van der Waals surface area contributed by atoms with Crippen LogP contribution >= 0.6 is 0 Å². The number of aromatic nitrogens is 2. The van der Waals surface area contributed by atoms with Crippen LogP contribution in [0.3, 0.4) is 0 Å². The van der Waals surface area contributed by atoms with Crippen molar-refractivity contribution in [2.45, 2.75) is 6.61 Å². The maximum atomic E-state index is 8.83. The highest BCUT2D eigenvalue weighted by molar-refractivity contribution is 5.62. The predicted octanol–water partition coefficient (Wildman–Crippen LogP) is 1.55. The fourth-order valence-corrected chi connectivity index (χ4v) is 1.81. The van der Waals surface area contributed by atoms with Crippen LogP contribution in [0.15, 0.2) is 30.3 Å². The van der Waals surface area contributed by atoms with Gasteiger partial charge in [-0.05, 0) is 24.3 Å². The van der Waals surface area contributed by atoms with Gasteiger partial charge < -0.3 is 15.1 Å². The van der Waals surface area contributed by atoms with Crippen LogP contribution in [-0.2, 0) is 11.3 Å². The molecule has 0 saturated carbocycles. The third kappa shape index (κ3) is 3.45. The summed E-state index contributed by atoms with van der Waals surface area (Å²) in [7, 11) is 3.45. The lowest BCUT2D eigenvalue weighted by Gasteiger charge is -2.19. The molecule has 0 fully saturated rings. The Labute approximate surface area is 123 Å². The van der Waals surface area contributed by atoms with E-state index in [0.717, 1.165) is 5.69 Å². The fourth-order valence-electron chi connectivity index (χ4n) is 1.81. The van der Waals surface area contributed by atoms with E-state index in [2.05, 4.69) is 21.5 Å². The summed E-state index contributed by atoms with van der Waals surface area (Å²) >= 11 is 0. The number of nitrogens with one attached hydrogen (secondary N) is 1. The summed E-state index contributed by atoms with van der Waals surface area (Å²) in [6, 6.07) is 11.0. The van der Waals surface area contributed by atoms with Crippen LogP contribution in [0.4, 0.5) is 17.3 Å². The zero-order valence-corrected chi connectivity index (χ0v) is 11.9. The summed E-state index contributed by atoms with van der Waals surface area (Å²) in [5.41, 5.74) is 4.03. The average Bonchev–Trinajstić information content (AvgIpc) is 2.54. The maximum Gasteiger partial charge on any atom is 0.158 e. The first kappa shape index (κ1) is 14.7. The molecule has 2 rings (SSSR count). The first-order valence-corrected chi connectivity index (χ1v) is 6.25. The molecule has 0 bridgehead atoms. The Morgan fingerprint density at radius 1 is 1.33 bits per heavy atom. The van der Waals surface area contributed by atoms with Gasteiger partial charge in [0.05, 0.1) is 11.6 Å². The molecule has 7 heteroatoms. The van der Waals surface area contributed by atoms with Crippen LogP contribution < -0.4 is 16.2 Å². The predicted molar refractivity (Wildman–Crippen MR) is 79.8 cm³/mol. The van der Waals surface area contributed by atoms with Crippen molar-refractivity contribution in [2.75, 3.05) is 24.5 Å². The van der Waals surface area contributed by atoms with Gasteiger partial charge in [-0.2, -0.15) is 5.26 Å². The molecule has 0 aliphatic heterocycles. The van der Waals surface area contributed by atoms with E-state index in [9.17, 15) is 0 Å². The standard InChI is InChI=1S/C14H16N6O/c1-20(11-5-3-10(8-15)4-6-11)14-7-12(19-16)17-13(18-14)9-21-2/h3-7H,9,16H2,1-2H3,(H,17,18,19). The smallest absolute Gasteiger partial charge is 0.158 e. The van der Waals surface area contributed by atoms with Crippen molar-refractivity contribution in [1.29, 1.82) is 5.26 Å². The molecule has 1 aromatic heterocycles. The van der Waals surface area contributed by atoms with Gasteiger partial charge in [-0.3, -0.25) is 0 Å². The zero-order chi connectivity index (χ0) is 15.2. The number of nitriles is 1. The lowest BCUT2D eigenvalue weighted by molar-refractivity contribution is 0.178. The van der Waals surface area contributed by atoms with Crippen molar-refractivity contribution in [1.82, 2.24) is 9.97 Å². The molecule has 0 unspecified atom stereocenters. The fraction of sp³-hybridized carbons (Fsp3) is 0.214. The quantitative estimate of drug-likeness (QED) is 0.634. The molecular weight excluding hydrogens is 268 g/mol. The first-order valence-electron chi connectivity index (χ1n) is 6.25. The SMILES string of the molecule is COCc1nc(NN)cc(N(C)c2ccc(C#N)cc2)n1. The normalized spacial score (nSPS) is 10.0. The lowest BCUT2D eigenvalue weighted by atomic mass is 10.2. The molecule has 0 spiro atoms. The average molecular weight is 284 g/mol. The molecule has 0 atom stereocenters. The molecule has 1 aromatic carbocycles. The number of benzene rings is 1. The number of nitrogen functional groups attached to an aromatic ring is 1. The van der Waals surface area contributed by atoms with Crippen LogP contribution in [-0.4, -0.2) is 24.1 Å². The van der Waals surface area contributed by atoms with Crippen molar-refractivity contribution in [3.8, 4) is 6.07 Å². The molecular formula is C14H16N6O.